The standard InChI is InChI=1S/C18H19N5O2S2/c1-4-9-23-16(13-5-7-14(25-3)8-6-13)21-22-18(23)27-11-15(24)20-17-19-12(2)10-26-17/h4-8,10H,1,9,11H2,2-3H3,(H,19,20,24). The molecule has 0 radical (unpaired) electrons. The third-order valence-corrected chi connectivity index (χ3v) is 5.42. The van der Waals surface area contributed by atoms with E-state index in [1.165, 1.54) is 23.1 Å². The van der Waals surface area contributed by atoms with E-state index in [9.17, 15) is 4.79 Å². The van der Waals surface area contributed by atoms with E-state index in [-0.39, 0.29) is 11.7 Å². The van der Waals surface area contributed by atoms with Gasteiger partial charge in [0.1, 0.15) is 5.75 Å². The number of benzene rings is 1. The number of hydrogen-bond donors (Lipinski definition) is 1. The number of aromatic nitrogens is 4. The molecule has 2 aromatic heterocycles. The largest absolute Gasteiger partial charge is 0.497 e. The lowest BCUT2D eigenvalue weighted by Crippen LogP contribution is -2.14. The van der Waals surface area contributed by atoms with Crippen LogP contribution in [0.5, 0.6) is 5.75 Å². The molecule has 1 N–H and O–H groups in total. The number of nitrogens with zero attached hydrogens (tertiary/aromatic N) is 4. The number of thioether (sulfide) groups is 1. The lowest BCUT2D eigenvalue weighted by molar-refractivity contribution is -0.113. The Morgan fingerprint density at radius 2 is 2.15 bits per heavy atom. The van der Waals surface area contributed by atoms with Gasteiger partial charge in [0, 0.05) is 17.5 Å². The fourth-order valence-corrected chi connectivity index (χ4v) is 3.79. The lowest BCUT2D eigenvalue weighted by Gasteiger charge is -2.08. The van der Waals surface area contributed by atoms with Crippen LogP contribution in [0.25, 0.3) is 11.4 Å². The zero-order valence-corrected chi connectivity index (χ0v) is 16.6. The van der Waals surface area contributed by atoms with Gasteiger partial charge in [-0.3, -0.25) is 9.36 Å². The number of thiazole rings is 1. The van der Waals surface area contributed by atoms with Gasteiger partial charge >= 0.3 is 0 Å². The minimum atomic E-state index is -0.131. The first-order valence-corrected chi connectivity index (χ1v) is 10.0. The first-order valence-electron chi connectivity index (χ1n) is 8.14. The van der Waals surface area contributed by atoms with E-state index >= 15 is 0 Å². The van der Waals surface area contributed by atoms with Crippen molar-refractivity contribution in [2.75, 3.05) is 18.2 Å². The van der Waals surface area contributed by atoms with Crippen LogP contribution in [0.15, 0.2) is 47.5 Å². The number of allylic oxidation sites excluding steroid dienone is 1. The van der Waals surface area contributed by atoms with Gasteiger partial charge in [-0.1, -0.05) is 17.8 Å². The second kappa shape index (κ2) is 8.83. The van der Waals surface area contributed by atoms with Crippen LogP contribution in [0.1, 0.15) is 5.69 Å². The molecule has 0 saturated carbocycles. The highest BCUT2D eigenvalue weighted by Crippen LogP contribution is 2.26. The Hall–Kier alpha value is -2.65. The molecule has 1 amide bonds. The number of aryl methyl sites for hydroxylation is 1. The number of carbonyl (C=O) groups is 1. The topological polar surface area (TPSA) is 81.9 Å². The van der Waals surface area contributed by atoms with Crippen LogP contribution in [0.4, 0.5) is 5.13 Å². The number of nitrogens with one attached hydrogen (secondary N) is 1. The maximum absolute atomic E-state index is 12.2. The molecule has 0 aliphatic rings. The summed E-state index contributed by atoms with van der Waals surface area (Å²) in [6, 6.07) is 7.60. The van der Waals surface area contributed by atoms with E-state index in [0.717, 1.165) is 22.8 Å². The second-order valence-electron chi connectivity index (χ2n) is 5.56. The van der Waals surface area contributed by atoms with Gasteiger partial charge in [-0.15, -0.1) is 28.1 Å². The van der Waals surface area contributed by atoms with Gasteiger partial charge in [-0.2, -0.15) is 0 Å². The van der Waals surface area contributed by atoms with Gasteiger partial charge in [-0.05, 0) is 31.2 Å². The van der Waals surface area contributed by atoms with Crippen molar-refractivity contribution in [3.05, 3.63) is 48.0 Å². The van der Waals surface area contributed by atoms with Crippen molar-refractivity contribution in [3.8, 4) is 17.1 Å². The van der Waals surface area contributed by atoms with Crippen LogP contribution < -0.4 is 10.1 Å². The zero-order valence-electron chi connectivity index (χ0n) is 15.0. The van der Waals surface area contributed by atoms with E-state index in [4.69, 9.17) is 4.74 Å². The van der Waals surface area contributed by atoms with Crippen molar-refractivity contribution in [1.82, 2.24) is 19.7 Å². The maximum Gasteiger partial charge on any atom is 0.236 e. The summed E-state index contributed by atoms with van der Waals surface area (Å²) in [7, 11) is 1.63. The average molecular weight is 402 g/mol. The molecule has 7 nitrogen and oxygen atoms in total. The Kier molecular flexibility index (Phi) is 6.25. The molecule has 0 atom stereocenters. The van der Waals surface area contributed by atoms with Crippen molar-refractivity contribution >= 4 is 34.1 Å². The first-order chi connectivity index (χ1) is 13.1. The lowest BCUT2D eigenvalue weighted by atomic mass is 10.2. The van der Waals surface area contributed by atoms with Crippen LogP contribution in [-0.4, -0.2) is 38.5 Å². The van der Waals surface area contributed by atoms with E-state index in [2.05, 4.69) is 27.1 Å². The number of methoxy groups -OCH3 is 1. The van der Waals surface area contributed by atoms with Gasteiger partial charge in [0.05, 0.1) is 18.6 Å². The summed E-state index contributed by atoms with van der Waals surface area (Å²) in [4.78, 5) is 16.4. The molecule has 0 fully saturated rings. The molecule has 0 aliphatic carbocycles. The number of amides is 1. The van der Waals surface area contributed by atoms with Crippen molar-refractivity contribution in [2.24, 2.45) is 0 Å². The monoisotopic (exact) mass is 401 g/mol. The molecule has 3 rings (SSSR count). The highest BCUT2D eigenvalue weighted by Gasteiger charge is 2.15. The van der Waals surface area contributed by atoms with Crippen LogP contribution in [0.2, 0.25) is 0 Å². The Labute approximate surface area is 165 Å². The molecule has 9 heteroatoms. The quantitative estimate of drug-likeness (QED) is 0.458. The summed E-state index contributed by atoms with van der Waals surface area (Å²) >= 11 is 2.73. The third-order valence-electron chi connectivity index (χ3n) is 3.57. The Bertz CT molecular complexity index is 934. The normalized spacial score (nSPS) is 10.6. The Morgan fingerprint density at radius 3 is 2.78 bits per heavy atom. The third kappa shape index (κ3) is 4.75. The van der Waals surface area contributed by atoms with E-state index in [0.29, 0.717) is 16.8 Å². The van der Waals surface area contributed by atoms with Gasteiger partial charge < -0.3 is 10.1 Å². The number of rotatable bonds is 8. The van der Waals surface area contributed by atoms with E-state index < -0.39 is 0 Å². The minimum Gasteiger partial charge on any atom is -0.497 e. The highest BCUT2D eigenvalue weighted by molar-refractivity contribution is 7.99. The number of hydrogen-bond acceptors (Lipinski definition) is 7. The second-order valence-corrected chi connectivity index (χ2v) is 7.37. The summed E-state index contributed by atoms with van der Waals surface area (Å²) in [5, 5.41) is 14.5. The van der Waals surface area contributed by atoms with Crippen LogP contribution in [0.3, 0.4) is 0 Å². The van der Waals surface area contributed by atoms with Crippen molar-refractivity contribution in [1.29, 1.82) is 0 Å². The van der Waals surface area contributed by atoms with Gasteiger partial charge in [0.2, 0.25) is 5.91 Å². The van der Waals surface area contributed by atoms with Crippen molar-refractivity contribution < 1.29 is 9.53 Å². The SMILES string of the molecule is C=CCn1c(SCC(=O)Nc2nc(C)cs2)nnc1-c1ccc(OC)cc1. The molecule has 140 valence electrons. The molecule has 0 unspecified atom stereocenters. The smallest absolute Gasteiger partial charge is 0.236 e. The highest BCUT2D eigenvalue weighted by atomic mass is 32.2. The average Bonchev–Trinajstić information content (AvgIpc) is 3.26. The van der Waals surface area contributed by atoms with Gasteiger partial charge in [0.15, 0.2) is 16.1 Å². The molecule has 0 saturated heterocycles. The minimum absolute atomic E-state index is 0.131. The summed E-state index contributed by atoms with van der Waals surface area (Å²) in [6.45, 7) is 6.23. The molecule has 0 aliphatic heterocycles. The maximum atomic E-state index is 12.2. The van der Waals surface area contributed by atoms with Gasteiger partial charge in [-0.25, -0.2) is 4.98 Å². The molecule has 2 heterocycles. The predicted molar refractivity (Wildman–Crippen MR) is 108 cm³/mol. The summed E-state index contributed by atoms with van der Waals surface area (Å²) in [6.07, 6.45) is 1.78. The molecule has 3 aromatic rings. The molecule has 27 heavy (non-hydrogen) atoms. The van der Waals surface area contributed by atoms with E-state index in [1.807, 2.05) is 41.1 Å². The molecular formula is C18H19N5O2S2. The molecule has 0 bridgehead atoms. The van der Waals surface area contributed by atoms with Crippen LogP contribution in [0, 0.1) is 6.92 Å². The number of carbonyl (C=O) groups excluding carboxylic acids is 1. The Morgan fingerprint density at radius 1 is 1.37 bits per heavy atom. The summed E-state index contributed by atoms with van der Waals surface area (Å²) < 4.78 is 7.12. The molecule has 1 aromatic carbocycles. The van der Waals surface area contributed by atoms with E-state index in [1.54, 1.807) is 13.2 Å². The van der Waals surface area contributed by atoms with Gasteiger partial charge in [0.25, 0.3) is 0 Å². The number of ether oxygens (including phenoxy) is 1. The molecule has 0 spiro atoms. The van der Waals surface area contributed by atoms with Crippen molar-refractivity contribution in [2.45, 2.75) is 18.6 Å². The fourth-order valence-electron chi connectivity index (χ4n) is 2.34. The summed E-state index contributed by atoms with van der Waals surface area (Å²) in [5.74, 6) is 1.58. The van der Waals surface area contributed by atoms with Crippen molar-refractivity contribution in [3.63, 3.8) is 0 Å². The Balaban J connectivity index is 1.72. The predicted octanol–water partition coefficient (Wildman–Crippen LogP) is 3.64. The molecular weight excluding hydrogens is 382 g/mol. The fraction of sp³-hybridized carbons (Fsp3) is 0.222. The summed E-state index contributed by atoms with van der Waals surface area (Å²) in [5.41, 5.74) is 1.80. The zero-order chi connectivity index (χ0) is 19.2. The first kappa shape index (κ1) is 19.1. The number of anilines is 1. The van der Waals surface area contributed by atoms with Crippen LogP contribution >= 0.6 is 23.1 Å². The van der Waals surface area contributed by atoms with Crippen LogP contribution in [-0.2, 0) is 11.3 Å².